The zero-order valence-electron chi connectivity index (χ0n) is 22.9. The number of halogens is 2. The monoisotopic (exact) mass is 616 g/mol. The van der Waals surface area contributed by atoms with Crippen LogP contribution in [0.1, 0.15) is 41.6 Å². The van der Waals surface area contributed by atoms with Gasteiger partial charge in [0.15, 0.2) is 0 Å². The maximum atomic E-state index is 13.3. The van der Waals surface area contributed by atoms with Crippen molar-refractivity contribution >= 4 is 39.1 Å². The van der Waals surface area contributed by atoms with Gasteiger partial charge in [0.25, 0.3) is 0 Å². The van der Waals surface area contributed by atoms with Crippen LogP contribution in [0.25, 0.3) is 0 Å². The van der Waals surface area contributed by atoms with E-state index in [-0.39, 0.29) is 33.3 Å². The third-order valence-electron chi connectivity index (χ3n) is 7.55. The summed E-state index contributed by atoms with van der Waals surface area (Å²) >= 11 is 12.0. The summed E-state index contributed by atoms with van der Waals surface area (Å²) in [5.74, 6) is 0.517. The van der Waals surface area contributed by atoms with Crippen LogP contribution in [0.3, 0.4) is 0 Å². The molecule has 0 aliphatic carbocycles. The highest BCUT2D eigenvalue weighted by molar-refractivity contribution is 7.89. The van der Waals surface area contributed by atoms with E-state index in [1.54, 1.807) is 12.1 Å². The van der Waals surface area contributed by atoms with E-state index in [0.29, 0.717) is 18.6 Å². The highest BCUT2D eigenvalue weighted by Gasteiger charge is 2.28. The quantitative estimate of drug-likeness (QED) is 0.359. The van der Waals surface area contributed by atoms with Crippen LogP contribution < -0.4 is 14.8 Å². The second-order valence-corrected chi connectivity index (χ2v) is 13.1. The van der Waals surface area contributed by atoms with Crippen LogP contribution in [0.2, 0.25) is 10.0 Å². The Balaban J connectivity index is 1.28. The molecule has 2 atom stereocenters. The Morgan fingerprint density at radius 2 is 1.76 bits per heavy atom. The molecule has 11 heteroatoms. The molecule has 0 radical (unpaired) electrons. The molecule has 2 aliphatic rings. The molecule has 2 heterocycles. The molecule has 8 nitrogen and oxygen atoms in total. The number of piperazine rings is 1. The van der Waals surface area contributed by atoms with Crippen molar-refractivity contribution in [1.29, 1.82) is 0 Å². The van der Waals surface area contributed by atoms with Gasteiger partial charge in [-0.05, 0) is 42.4 Å². The minimum atomic E-state index is -3.99. The van der Waals surface area contributed by atoms with Gasteiger partial charge in [-0.25, -0.2) is 13.1 Å². The Bertz CT molecular complexity index is 1480. The average molecular weight is 618 g/mol. The van der Waals surface area contributed by atoms with Crippen molar-refractivity contribution in [3.8, 4) is 5.75 Å². The molecule has 218 valence electrons. The van der Waals surface area contributed by atoms with Gasteiger partial charge >= 0.3 is 0 Å². The van der Waals surface area contributed by atoms with Crippen LogP contribution in [0, 0.1) is 0 Å². The van der Waals surface area contributed by atoms with Gasteiger partial charge in [0.1, 0.15) is 5.75 Å². The van der Waals surface area contributed by atoms with Crippen molar-refractivity contribution in [1.82, 2.24) is 19.8 Å². The highest BCUT2D eigenvalue weighted by atomic mass is 35.5. The van der Waals surface area contributed by atoms with Crippen LogP contribution in [-0.4, -0.2) is 64.0 Å². The molecule has 5 rings (SSSR count). The molecule has 0 spiro atoms. The summed E-state index contributed by atoms with van der Waals surface area (Å²) in [5.41, 5.74) is 2.78. The van der Waals surface area contributed by atoms with Gasteiger partial charge in [-0.2, -0.15) is 0 Å². The topological polar surface area (TPSA) is 91.0 Å². The average Bonchev–Trinajstić information content (AvgIpc) is 2.96. The first-order chi connectivity index (χ1) is 19.7. The van der Waals surface area contributed by atoms with E-state index in [9.17, 15) is 13.2 Å². The van der Waals surface area contributed by atoms with E-state index in [4.69, 9.17) is 27.9 Å². The highest BCUT2D eigenvalue weighted by Crippen LogP contribution is 2.34. The molecule has 0 aromatic heterocycles. The minimum absolute atomic E-state index is 0.0287. The smallest absolute Gasteiger partial charge is 0.241 e. The number of rotatable bonds is 9. The number of likely N-dealkylation sites (N-methyl/N-ethyl adjacent to an activating group) is 1. The first-order valence-electron chi connectivity index (χ1n) is 13.7. The molecule has 1 unspecified atom stereocenters. The molecule has 1 saturated heterocycles. The number of ether oxygens (including phenoxy) is 1. The third kappa shape index (κ3) is 7.60. The van der Waals surface area contributed by atoms with E-state index < -0.39 is 16.1 Å². The molecule has 0 saturated carbocycles. The second kappa shape index (κ2) is 13.1. The Kier molecular flexibility index (Phi) is 9.53. The number of carbonyl (C=O) groups excluding carboxylic acids is 1. The fourth-order valence-electron chi connectivity index (χ4n) is 5.20. The molecule has 0 bridgehead atoms. The molecule has 2 N–H and O–H groups in total. The Morgan fingerprint density at radius 1 is 1.00 bits per heavy atom. The van der Waals surface area contributed by atoms with Crippen molar-refractivity contribution in [3.63, 3.8) is 0 Å². The van der Waals surface area contributed by atoms with Crippen LogP contribution in [0.5, 0.6) is 5.75 Å². The Labute approximate surface area is 251 Å². The Morgan fingerprint density at radius 3 is 2.49 bits per heavy atom. The predicted octanol–water partition coefficient (Wildman–Crippen LogP) is 4.79. The first-order valence-corrected chi connectivity index (χ1v) is 15.9. The number of amides is 1. The van der Waals surface area contributed by atoms with Crippen molar-refractivity contribution in [2.75, 3.05) is 39.8 Å². The fourth-order valence-corrected chi connectivity index (χ4v) is 6.81. The van der Waals surface area contributed by atoms with Crippen LogP contribution in [0.15, 0.2) is 71.6 Å². The summed E-state index contributed by atoms with van der Waals surface area (Å²) in [6, 6.07) is 18.3. The predicted molar refractivity (Wildman–Crippen MR) is 161 cm³/mol. The number of fused-ring (bicyclic) bond motifs is 1. The normalized spacial score (nSPS) is 18.8. The van der Waals surface area contributed by atoms with Gasteiger partial charge in [-0.15, -0.1) is 0 Å². The van der Waals surface area contributed by atoms with Crippen LogP contribution in [0.4, 0.5) is 0 Å². The summed E-state index contributed by atoms with van der Waals surface area (Å²) < 4.78 is 35.1. The second-order valence-electron chi connectivity index (χ2n) is 10.6. The number of benzene rings is 3. The maximum Gasteiger partial charge on any atom is 0.241 e. The number of nitrogens with one attached hydrogen (secondary N) is 2. The van der Waals surface area contributed by atoms with Crippen molar-refractivity contribution in [3.05, 3.63) is 93.5 Å². The van der Waals surface area contributed by atoms with E-state index in [0.717, 1.165) is 44.0 Å². The zero-order chi connectivity index (χ0) is 29.0. The number of hydrogen-bond acceptors (Lipinski definition) is 6. The molecular weight excluding hydrogens is 583 g/mol. The van der Waals surface area contributed by atoms with Crippen LogP contribution in [-0.2, 0) is 21.4 Å². The van der Waals surface area contributed by atoms with Gasteiger partial charge < -0.3 is 15.0 Å². The molecule has 3 aromatic rings. The zero-order valence-corrected chi connectivity index (χ0v) is 25.2. The molecule has 3 aromatic carbocycles. The summed E-state index contributed by atoms with van der Waals surface area (Å²) in [4.78, 5) is 18.1. The number of carbonyl (C=O) groups is 1. The summed E-state index contributed by atoms with van der Waals surface area (Å²) in [5, 5.41) is 3.50. The van der Waals surface area contributed by atoms with E-state index in [1.165, 1.54) is 23.8 Å². The lowest BCUT2D eigenvalue weighted by Gasteiger charge is -2.33. The summed E-state index contributed by atoms with van der Waals surface area (Å²) in [7, 11) is -1.85. The first kappa shape index (κ1) is 29.8. The minimum Gasteiger partial charge on any atom is -0.493 e. The van der Waals surface area contributed by atoms with E-state index in [2.05, 4.69) is 39.0 Å². The van der Waals surface area contributed by atoms with Gasteiger partial charge in [0.05, 0.1) is 33.6 Å². The molecule has 41 heavy (non-hydrogen) atoms. The van der Waals surface area contributed by atoms with Crippen molar-refractivity contribution < 1.29 is 17.9 Å². The third-order valence-corrected chi connectivity index (χ3v) is 9.75. The van der Waals surface area contributed by atoms with Gasteiger partial charge in [-0.3, -0.25) is 9.69 Å². The molecular formula is C30H34Cl2N4O4S. The molecule has 2 aliphatic heterocycles. The lowest BCUT2D eigenvalue weighted by Crippen LogP contribution is -2.43. The maximum absolute atomic E-state index is 13.3. The SMILES string of the molecule is CN1CCN(Cc2ccc3c(c2)OCCC3NC(=O)C[C@@H](NS(=O)(=O)c2ccc(Cl)c(Cl)c2)c2ccccc2)CC1. The van der Waals surface area contributed by atoms with E-state index >= 15 is 0 Å². The van der Waals surface area contributed by atoms with Gasteiger partial charge in [0.2, 0.25) is 15.9 Å². The Hall–Kier alpha value is -2.66. The van der Waals surface area contributed by atoms with Gasteiger partial charge in [0, 0.05) is 51.1 Å². The largest absolute Gasteiger partial charge is 0.493 e. The number of hydrogen-bond donors (Lipinski definition) is 2. The van der Waals surface area contributed by atoms with Crippen molar-refractivity contribution in [2.45, 2.75) is 36.4 Å². The van der Waals surface area contributed by atoms with Crippen LogP contribution >= 0.6 is 23.2 Å². The number of sulfonamides is 1. The van der Waals surface area contributed by atoms with E-state index in [1.807, 2.05) is 24.3 Å². The molecule has 1 amide bonds. The lowest BCUT2D eigenvalue weighted by atomic mass is 9.97. The fraction of sp³-hybridized carbons (Fsp3) is 0.367. The lowest BCUT2D eigenvalue weighted by molar-refractivity contribution is -0.122. The molecule has 1 fully saturated rings. The van der Waals surface area contributed by atoms with Gasteiger partial charge in [-0.1, -0.05) is 65.7 Å². The summed E-state index contributed by atoms with van der Waals surface area (Å²) in [6.45, 7) is 5.53. The standard InChI is InChI=1S/C30H34Cl2N4O4S/c1-35-12-14-36(15-13-35)20-21-7-9-24-27(11-16-40-29(24)17-21)33-30(37)19-28(22-5-3-2-4-6-22)34-41(38,39)23-8-10-25(31)26(32)18-23/h2-10,17-18,27-28,34H,11-16,19-20H2,1H3,(H,33,37)/t27?,28-/m1/s1. The number of nitrogens with zero attached hydrogens (tertiary/aromatic N) is 2. The van der Waals surface area contributed by atoms with Crippen molar-refractivity contribution in [2.24, 2.45) is 0 Å². The summed E-state index contributed by atoms with van der Waals surface area (Å²) in [6.07, 6.45) is 0.542.